The van der Waals surface area contributed by atoms with E-state index in [-0.39, 0.29) is 23.4 Å². The van der Waals surface area contributed by atoms with Crippen LogP contribution in [0.3, 0.4) is 0 Å². The zero-order valence-corrected chi connectivity index (χ0v) is 11.9. The lowest BCUT2D eigenvalue weighted by Gasteiger charge is -2.16. The fourth-order valence-electron chi connectivity index (χ4n) is 2.82. The maximum absolute atomic E-state index is 12.9. The van der Waals surface area contributed by atoms with E-state index in [4.69, 9.17) is 0 Å². The van der Waals surface area contributed by atoms with Gasteiger partial charge in [-0.25, -0.2) is 0 Å². The van der Waals surface area contributed by atoms with Gasteiger partial charge in [-0.05, 0) is 25.0 Å². The van der Waals surface area contributed by atoms with Gasteiger partial charge in [-0.2, -0.15) is 17.7 Å². The van der Waals surface area contributed by atoms with Gasteiger partial charge >= 0.3 is 6.18 Å². The van der Waals surface area contributed by atoms with E-state index in [1.165, 1.54) is 12.1 Å². The molecule has 0 spiro atoms. The lowest BCUT2D eigenvalue weighted by Crippen LogP contribution is -2.30. The molecule has 0 bridgehead atoms. The molecule has 10 heteroatoms. The molecule has 1 unspecified atom stereocenters. The first kappa shape index (κ1) is 14.2. The van der Waals surface area contributed by atoms with Crippen LogP contribution in [0.2, 0.25) is 0 Å². The summed E-state index contributed by atoms with van der Waals surface area (Å²) < 4.78 is 39.2. The number of nitrogens with zero attached hydrogens (tertiary/aromatic N) is 5. The number of likely N-dealkylation sites (tertiary alicyclic amines) is 1. The highest BCUT2D eigenvalue weighted by Gasteiger charge is 2.40. The van der Waals surface area contributed by atoms with E-state index in [0.717, 1.165) is 12.8 Å². The summed E-state index contributed by atoms with van der Waals surface area (Å²) in [5.41, 5.74) is 0.0185. The van der Waals surface area contributed by atoms with Crippen LogP contribution in [-0.4, -0.2) is 49.2 Å². The lowest BCUT2D eigenvalue weighted by molar-refractivity contribution is -0.146. The van der Waals surface area contributed by atoms with Crippen molar-refractivity contribution in [2.75, 3.05) is 11.9 Å². The number of carbonyl (C=O) groups excluding carboxylic acids is 1. The van der Waals surface area contributed by atoms with Gasteiger partial charge in [0.2, 0.25) is 5.91 Å². The van der Waals surface area contributed by atoms with Crippen molar-refractivity contribution >= 4 is 17.4 Å². The molecule has 2 aromatic rings. The van der Waals surface area contributed by atoms with E-state index in [2.05, 4.69) is 20.6 Å². The summed E-state index contributed by atoms with van der Waals surface area (Å²) in [7, 11) is 0. The maximum atomic E-state index is 12.9. The van der Waals surface area contributed by atoms with Crippen molar-refractivity contribution in [2.45, 2.75) is 37.5 Å². The summed E-state index contributed by atoms with van der Waals surface area (Å²) in [5.74, 6) is -0.831. The van der Waals surface area contributed by atoms with Gasteiger partial charge in [0.15, 0.2) is 5.65 Å². The van der Waals surface area contributed by atoms with Crippen LogP contribution < -0.4 is 5.32 Å². The van der Waals surface area contributed by atoms with Crippen molar-refractivity contribution in [3.8, 4) is 0 Å². The van der Waals surface area contributed by atoms with Gasteiger partial charge in [0, 0.05) is 19.0 Å². The van der Waals surface area contributed by atoms with E-state index < -0.39 is 12.0 Å². The minimum atomic E-state index is -4.63. The van der Waals surface area contributed by atoms with E-state index in [1.807, 2.05) is 4.90 Å². The van der Waals surface area contributed by atoms with Crippen molar-refractivity contribution in [3.63, 3.8) is 0 Å². The monoisotopic (exact) mass is 326 g/mol. The number of nitrogens with one attached hydrogen (secondary N) is 1. The first-order valence-electron chi connectivity index (χ1n) is 7.27. The molecule has 122 valence electrons. The predicted molar refractivity (Wildman–Crippen MR) is 72.5 cm³/mol. The summed E-state index contributed by atoms with van der Waals surface area (Å²) >= 11 is 0. The number of halogens is 3. The van der Waals surface area contributed by atoms with Crippen LogP contribution in [0.4, 0.5) is 19.0 Å². The van der Waals surface area contributed by atoms with E-state index in [1.54, 1.807) is 0 Å². The Labute approximate surface area is 128 Å². The molecule has 2 aliphatic rings. The highest BCUT2D eigenvalue weighted by Crippen LogP contribution is 2.31. The molecule has 1 N–H and O–H groups in total. The Kier molecular flexibility index (Phi) is 2.97. The smallest absolute Gasteiger partial charge is 0.364 e. The Balaban J connectivity index is 1.56. The fraction of sp³-hybridized carbons (Fsp3) is 0.538. The Morgan fingerprint density at radius 2 is 2.00 bits per heavy atom. The molecule has 23 heavy (non-hydrogen) atoms. The van der Waals surface area contributed by atoms with Crippen LogP contribution in [0.1, 0.15) is 25.1 Å². The molecule has 1 aliphatic carbocycles. The maximum Gasteiger partial charge on any atom is 0.453 e. The van der Waals surface area contributed by atoms with E-state index in [9.17, 15) is 18.0 Å². The summed E-state index contributed by atoms with van der Waals surface area (Å²) in [5, 5.41) is 13.5. The van der Waals surface area contributed by atoms with Gasteiger partial charge in [-0.15, -0.1) is 15.3 Å². The van der Waals surface area contributed by atoms with Gasteiger partial charge in [-0.3, -0.25) is 4.79 Å². The summed E-state index contributed by atoms with van der Waals surface area (Å²) in [6, 6.07) is 3.12. The molecule has 1 saturated heterocycles. The molecule has 1 amide bonds. The van der Waals surface area contributed by atoms with Crippen LogP contribution in [0.15, 0.2) is 12.1 Å². The Bertz CT molecular complexity index is 769. The Hall–Kier alpha value is -2.39. The van der Waals surface area contributed by atoms with Gasteiger partial charge in [0.1, 0.15) is 5.82 Å². The first-order chi connectivity index (χ1) is 10.9. The van der Waals surface area contributed by atoms with Gasteiger partial charge in [0.05, 0.1) is 6.04 Å². The molecule has 0 radical (unpaired) electrons. The number of amides is 1. The zero-order valence-electron chi connectivity index (χ0n) is 11.9. The predicted octanol–water partition coefficient (Wildman–Crippen LogP) is 1.32. The van der Waals surface area contributed by atoms with E-state index in [0.29, 0.717) is 23.5 Å². The molecule has 2 aromatic heterocycles. The third-order valence-electron chi connectivity index (χ3n) is 4.01. The number of aromatic nitrogens is 4. The largest absolute Gasteiger partial charge is 0.453 e. The third kappa shape index (κ3) is 2.57. The average molecular weight is 326 g/mol. The average Bonchev–Trinajstić information content (AvgIpc) is 3.11. The minimum absolute atomic E-state index is 0.0185. The van der Waals surface area contributed by atoms with Crippen LogP contribution >= 0.6 is 0 Å². The SMILES string of the molecule is O=C1CC(Nc2ccc3nnc(C(F)(F)F)n3n2)CN1C1CC1. The summed E-state index contributed by atoms with van der Waals surface area (Å²) in [6.07, 6.45) is -2.25. The van der Waals surface area contributed by atoms with Crippen LogP contribution in [-0.2, 0) is 11.0 Å². The first-order valence-corrected chi connectivity index (χ1v) is 7.27. The highest BCUT2D eigenvalue weighted by atomic mass is 19.4. The van der Waals surface area contributed by atoms with Crippen molar-refractivity contribution < 1.29 is 18.0 Å². The second-order valence-electron chi connectivity index (χ2n) is 5.83. The molecule has 0 aromatic carbocycles. The molecule has 3 heterocycles. The molecule has 1 saturated carbocycles. The summed E-state index contributed by atoms with van der Waals surface area (Å²) in [4.78, 5) is 13.7. The molecule has 4 rings (SSSR count). The van der Waals surface area contributed by atoms with Crippen molar-refractivity contribution in [1.82, 2.24) is 24.7 Å². The second-order valence-corrected chi connectivity index (χ2v) is 5.83. The van der Waals surface area contributed by atoms with Gasteiger partial charge in [-0.1, -0.05) is 0 Å². The number of rotatable bonds is 3. The number of hydrogen-bond donors (Lipinski definition) is 1. The number of alkyl halides is 3. The molecule has 7 nitrogen and oxygen atoms in total. The van der Waals surface area contributed by atoms with Crippen molar-refractivity contribution in [2.24, 2.45) is 0 Å². The highest BCUT2D eigenvalue weighted by molar-refractivity contribution is 5.80. The van der Waals surface area contributed by atoms with Crippen LogP contribution in [0.25, 0.3) is 5.65 Å². The second kappa shape index (κ2) is 4.80. The normalized spacial score (nSPS) is 22.1. The Morgan fingerprint density at radius 1 is 1.22 bits per heavy atom. The molecule has 1 atom stereocenters. The molecule has 1 aliphatic heterocycles. The standard InChI is InChI=1S/C13H13F3N6O/c14-13(15,16)12-19-18-10-4-3-9(20-22(10)12)17-7-5-11(23)21(6-7)8-1-2-8/h3-4,7-8H,1-2,5-6H2,(H,17,20). The number of carbonyl (C=O) groups is 1. The Morgan fingerprint density at radius 3 is 2.70 bits per heavy atom. The third-order valence-corrected chi connectivity index (χ3v) is 4.01. The topological polar surface area (TPSA) is 75.4 Å². The van der Waals surface area contributed by atoms with Crippen LogP contribution in [0.5, 0.6) is 0 Å². The quantitative estimate of drug-likeness (QED) is 0.921. The molecule has 2 fully saturated rings. The lowest BCUT2D eigenvalue weighted by atomic mass is 10.2. The summed E-state index contributed by atoms with van der Waals surface area (Å²) in [6.45, 7) is 0.553. The van der Waals surface area contributed by atoms with E-state index >= 15 is 0 Å². The number of anilines is 1. The van der Waals surface area contributed by atoms with Crippen molar-refractivity contribution in [1.29, 1.82) is 0 Å². The minimum Gasteiger partial charge on any atom is -0.364 e. The van der Waals surface area contributed by atoms with Gasteiger partial charge < -0.3 is 10.2 Å². The van der Waals surface area contributed by atoms with Crippen LogP contribution in [0, 0.1) is 0 Å². The number of hydrogen-bond acceptors (Lipinski definition) is 5. The van der Waals surface area contributed by atoms with Crippen molar-refractivity contribution in [3.05, 3.63) is 18.0 Å². The molecular formula is C13H13F3N6O. The fourth-order valence-corrected chi connectivity index (χ4v) is 2.82. The zero-order chi connectivity index (χ0) is 16.2. The molecular weight excluding hydrogens is 313 g/mol. The number of fused-ring (bicyclic) bond motifs is 1. The van der Waals surface area contributed by atoms with Gasteiger partial charge in [0.25, 0.3) is 5.82 Å².